The molecule has 0 saturated carbocycles. The summed E-state index contributed by atoms with van der Waals surface area (Å²) in [5.41, 5.74) is 3.60. The Morgan fingerprint density at radius 1 is 1.28 bits per heavy atom. The Bertz CT molecular complexity index is 951. The zero-order valence-corrected chi connectivity index (χ0v) is 21.0. The Labute approximate surface area is 183 Å². The van der Waals surface area contributed by atoms with Crippen LogP contribution in [0.4, 0.5) is 0 Å². The molecule has 0 aromatic carbocycles. The van der Waals surface area contributed by atoms with Crippen molar-refractivity contribution in [2.24, 2.45) is 5.41 Å². The summed E-state index contributed by atoms with van der Waals surface area (Å²) in [6, 6.07) is 1.11. The van der Waals surface area contributed by atoms with E-state index in [0.717, 1.165) is 37.6 Å². The number of fused-ring (bicyclic) bond motifs is 1. The molecule has 7 heteroatoms. The second kappa shape index (κ2) is 8.44. The number of carbonyl (C=O) groups excluding carboxylic acids is 1. The molecule has 0 aliphatic heterocycles. The maximum atomic E-state index is 13.1. The van der Waals surface area contributed by atoms with E-state index in [2.05, 4.69) is 35.6 Å². The topological polar surface area (TPSA) is 57.0 Å². The maximum Gasteiger partial charge on any atom is 0.171 e. The van der Waals surface area contributed by atoms with Crippen molar-refractivity contribution in [3.8, 4) is 0 Å². The van der Waals surface area contributed by atoms with Gasteiger partial charge in [-0.3, -0.25) is 4.79 Å². The number of hydrogen-bond donors (Lipinski definition) is 0. The van der Waals surface area contributed by atoms with Crippen LogP contribution in [0.3, 0.4) is 0 Å². The second-order valence-electron chi connectivity index (χ2n) is 10.1. The van der Waals surface area contributed by atoms with Crippen LogP contribution in [0.5, 0.6) is 0 Å². The van der Waals surface area contributed by atoms with Crippen molar-refractivity contribution in [3.63, 3.8) is 0 Å². The highest BCUT2D eigenvalue weighted by Gasteiger charge is 2.28. The van der Waals surface area contributed by atoms with Gasteiger partial charge in [0.25, 0.3) is 0 Å². The van der Waals surface area contributed by atoms with Crippen LogP contribution in [-0.2, 0) is 11.5 Å². The van der Waals surface area contributed by atoms with Crippen LogP contribution in [0.25, 0.3) is 16.7 Å². The molecule has 2 aromatic rings. The maximum absolute atomic E-state index is 13.1. The first-order valence-electron chi connectivity index (χ1n) is 10.3. The van der Waals surface area contributed by atoms with Crippen LogP contribution < -0.4 is 0 Å². The van der Waals surface area contributed by atoms with Crippen LogP contribution in [0.2, 0.25) is 25.7 Å². The fourth-order valence-corrected chi connectivity index (χ4v) is 4.82. The van der Waals surface area contributed by atoms with Gasteiger partial charge in [-0.25, -0.2) is 9.97 Å². The molecule has 0 bridgehead atoms. The van der Waals surface area contributed by atoms with Gasteiger partial charge in [0.15, 0.2) is 11.4 Å². The smallest absolute Gasteiger partial charge is 0.171 e. The molecule has 0 saturated heterocycles. The molecule has 3 rings (SSSR count). The van der Waals surface area contributed by atoms with Crippen molar-refractivity contribution in [2.45, 2.75) is 72.4 Å². The molecule has 29 heavy (non-hydrogen) atoms. The first-order valence-corrected chi connectivity index (χ1v) is 14.8. The molecular formula is C22H32BrN3O2Si. The van der Waals surface area contributed by atoms with Gasteiger partial charge in [-0.2, -0.15) is 0 Å². The molecule has 2 heterocycles. The third kappa shape index (κ3) is 5.24. The Balaban J connectivity index is 1.97. The van der Waals surface area contributed by atoms with Crippen LogP contribution in [-0.4, -0.2) is 35.0 Å². The van der Waals surface area contributed by atoms with Crippen LogP contribution in [0, 0.1) is 5.41 Å². The highest BCUT2D eigenvalue weighted by molar-refractivity contribution is 9.11. The van der Waals surface area contributed by atoms with E-state index in [9.17, 15) is 4.79 Å². The van der Waals surface area contributed by atoms with Crippen molar-refractivity contribution in [3.05, 3.63) is 28.1 Å². The number of allylic oxidation sites excluding steroid dienone is 2. The van der Waals surface area contributed by atoms with Gasteiger partial charge in [0.1, 0.15) is 12.2 Å². The molecule has 0 N–H and O–H groups in total. The minimum Gasteiger partial charge on any atom is -0.361 e. The molecule has 1 aliphatic rings. The molecule has 2 aromatic heterocycles. The molecular weight excluding hydrogens is 446 g/mol. The first kappa shape index (κ1) is 22.4. The van der Waals surface area contributed by atoms with E-state index >= 15 is 0 Å². The van der Waals surface area contributed by atoms with Crippen LogP contribution in [0.15, 0.2) is 16.9 Å². The minimum atomic E-state index is -1.14. The zero-order chi connectivity index (χ0) is 21.4. The standard InChI is InChI=1S/C22H32BrN3O2Si/c1-22(2,3)20(27)16-13-26(14-28-10-11-29(4,5)6)21-19(16)25-18(12-24-21)15-8-7-9-17(15)23/h12-13H,7-11,14H2,1-6H3. The van der Waals surface area contributed by atoms with E-state index in [1.165, 1.54) is 10.1 Å². The van der Waals surface area contributed by atoms with Crippen molar-refractivity contribution in [1.82, 2.24) is 14.5 Å². The fourth-order valence-electron chi connectivity index (χ4n) is 3.38. The van der Waals surface area contributed by atoms with Crippen molar-refractivity contribution >= 4 is 46.5 Å². The number of hydrogen-bond acceptors (Lipinski definition) is 4. The molecule has 0 fully saturated rings. The van der Waals surface area contributed by atoms with Gasteiger partial charge in [-0.1, -0.05) is 56.3 Å². The predicted octanol–water partition coefficient (Wildman–Crippen LogP) is 6.26. The number of rotatable bonds is 7. The highest BCUT2D eigenvalue weighted by Crippen LogP contribution is 2.37. The number of carbonyl (C=O) groups is 1. The summed E-state index contributed by atoms with van der Waals surface area (Å²) in [6.45, 7) is 13.9. The lowest BCUT2D eigenvalue weighted by Gasteiger charge is -2.16. The molecule has 0 radical (unpaired) electrons. The van der Waals surface area contributed by atoms with E-state index in [0.29, 0.717) is 23.5 Å². The minimum absolute atomic E-state index is 0.0780. The van der Waals surface area contributed by atoms with E-state index in [4.69, 9.17) is 14.7 Å². The van der Waals surface area contributed by atoms with Gasteiger partial charge in [0, 0.05) is 30.8 Å². The van der Waals surface area contributed by atoms with E-state index < -0.39 is 13.5 Å². The first-order chi connectivity index (χ1) is 13.5. The fraction of sp³-hybridized carbons (Fsp3) is 0.591. The molecule has 1 aliphatic carbocycles. The van der Waals surface area contributed by atoms with E-state index in [1.54, 1.807) is 0 Å². The SMILES string of the molecule is CC(C)(C)C(=O)c1cn(COCC[Si](C)(C)C)c2ncc(C3=C(Br)CCC3)nc12. The summed E-state index contributed by atoms with van der Waals surface area (Å²) in [5.74, 6) is 0.0780. The Kier molecular flexibility index (Phi) is 6.51. The van der Waals surface area contributed by atoms with Gasteiger partial charge in [0.05, 0.1) is 17.5 Å². The van der Waals surface area contributed by atoms with Gasteiger partial charge < -0.3 is 9.30 Å². The average molecular weight is 479 g/mol. The molecule has 0 amide bonds. The summed E-state index contributed by atoms with van der Waals surface area (Å²) in [6.07, 6.45) is 6.84. The Hall–Kier alpha value is -1.31. The third-order valence-corrected chi connectivity index (χ3v) is 7.76. The number of Topliss-reactive ketones (excluding diaryl/α,β-unsaturated/α-hetero) is 1. The highest BCUT2D eigenvalue weighted by atomic mass is 79.9. The zero-order valence-electron chi connectivity index (χ0n) is 18.4. The van der Waals surface area contributed by atoms with Crippen molar-refractivity contribution < 1.29 is 9.53 Å². The molecule has 0 atom stereocenters. The van der Waals surface area contributed by atoms with Crippen LogP contribution >= 0.6 is 15.9 Å². The quantitative estimate of drug-likeness (QED) is 0.268. The number of ether oxygens (including phenoxy) is 1. The number of ketones is 1. The Morgan fingerprint density at radius 3 is 2.59 bits per heavy atom. The van der Waals surface area contributed by atoms with Crippen molar-refractivity contribution in [1.29, 1.82) is 0 Å². The largest absolute Gasteiger partial charge is 0.361 e. The summed E-state index contributed by atoms with van der Waals surface area (Å²) < 4.78 is 9.05. The third-order valence-electron chi connectivity index (χ3n) is 5.18. The molecule has 0 spiro atoms. The van der Waals surface area contributed by atoms with Gasteiger partial charge in [0.2, 0.25) is 0 Å². The van der Waals surface area contributed by atoms with Gasteiger partial charge >= 0.3 is 0 Å². The summed E-state index contributed by atoms with van der Waals surface area (Å²) in [4.78, 5) is 22.7. The summed E-state index contributed by atoms with van der Waals surface area (Å²) in [5, 5.41) is 0. The lowest BCUT2D eigenvalue weighted by Crippen LogP contribution is -2.22. The number of aromatic nitrogens is 3. The van der Waals surface area contributed by atoms with E-state index in [1.807, 2.05) is 37.7 Å². The van der Waals surface area contributed by atoms with Gasteiger partial charge in [-0.15, -0.1) is 0 Å². The average Bonchev–Trinajstić information content (AvgIpc) is 3.19. The molecule has 158 valence electrons. The number of halogens is 1. The number of nitrogens with zero attached hydrogens (tertiary/aromatic N) is 3. The summed E-state index contributed by atoms with van der Waals surface area (Å²) >= 11 is 3.67. The lowest BCUT2D eigenvalue weighted by molar-refractivity contribution is 0.0849. The van der Waals surface area contributed by atoms with Crippen LogP contribution in [0.1, 0.15) is 56.1 Å². The Morgan fingerprint density at radius 2 is 2.00 bits per heavy atom. The molecule has 0 unspecified atom stereocenters. The lowest BCUT2D eigenvalue weighted by atomic mass is 9.87. The van der Waals surface area contributed by atoms with Crippen molar-refractivity contribution in [2.75, 3.05) is 6.61 Å². The second-order valence-corrected chi connectivity index (χ2v) is 16.7. The van der Waals surface area contributed by atoms with Gasteiger partial charge in [-0.05, 0) is 30.9 Å². The van der Waals surface area contributed by atoms with E-state index in [-0.39, 0.29) is 5.78 Å². The predicted molar refractivity (Wildman–Crippen MR) is 125 cm³/mol. The molecule has 5 nitrogen and oxygen atoms in total. The monoisotopic (exact) mass is 477 g/mol. The summed E-state index contributed by atoms with van der Waals surface area (Å²) in [7, 11) is -1.14. The normalized spacial score (nSPS) is 15.6.